The second-order valence-corrected chi connectivity index (χ2v) is 5.99. The minimum Gasteiger partial charge on any atom is -0.497 e. The van der Waals surface area contributed by atoms with Crippen molar-refractivity contribution in [3.63, 3.8) is 0 Å². The number of ether oxygens (including phenoxy) is 2. The first-order valence-corrected chi connectivity index (χ1v) is 7.02. The molecule has 0 bridgehead atoms. The summed E-state index contributed by atoms with van der Waals surface area (Å²) in [6.07, 6.45) is 0. The SMILES string of the molecule is COc1ccc(Nc2nnc(C(C)(C)C)c(=O)n2N)c(OC)c1. The van der Waals surface area contributed by atoms with E-state index in [-0.39, 0.29) is 5.95 Å². The van der Waals surface area contributed by atoms with E-state index in [4.69, 9.17) is 15.3 Å². The number of hydrogen-bond donors (Lipinski definition) is 2. The predicted molar refractivity (Wildman–Crippen MR) is 88.0 cm³/mol. The smallest absolute Gasteiger partial charge is 0.295 e. The summed E-state index contributed by atoms with van der Waals surface area (Å²) in [5, 5.41) is 11.0. The monoisotopic (exact) mass is 319 g/mol. The van der Waals surface area contributed by atoms with E-state index in [2.05, 4.69) is 15.5 Å². The van der Waals surface area contributed by atoms with Crippen LogP contribution >= 0.6 is 0 Å². The van der Waals surface area contributed by atoms with E-state index in [9.17, 15) is 4.79 Å². The van der Waals surface area contributed by atoms with E-state index in [0.29, 0.717) is 22.9 Å². The molecular weight excluding hydrogens is 298 g/mol. The lowest BCUT2D eigenvalue weighted by Crippen LogP contribution is -2.38. The summed E-state index contributed by atoms with van der Waals surface area (Å²) in [5.74, 6) is 7.14. The largest absolute Gasteiger partial charge is 0.497 e. The van der Waals surface area contributed by atoms with Gasteiger partial charge in [-0.15, -0.1) is 10.2 Å². The molecule has 0 saturated carbocycles. The zero-order chi connectivity index (χ0) is 17.2. The average Bonchev–Trinajstić information content (AvgIpc) is 2.50. The Labute approximate surface area is 134 Å². The van der Waals surface area contributed by atoms with E-state index in [1.807, 2.05) is 20.8 Å². The summed E-state index contributed by atoms with van der Waals surface area (Å²) >= 11 is 0. The molecule has 0 unspecified atom stereocenters. The van der Waals surface area contributed by atoms with E-state index < -0.39 is 11.0 Å². The van der Waals surface area contributed by atoms with Crippen molar-refractivity contribution in [2.75, 3.05) is 25.4 Å². The van der Waals surface area contributed by atoms with E-state index in [0.717, 1.165) is 4.68 Å². The van der Waals surface area contributed by atoms with Crippen LogP contribution < -0.4 is 26.2 Å². The zero-order valence-corrected chi connectivity index (χ0v) is 13.9. The number of nitrogens with zero attached hydrogens (tertiary/aromatic N) is 3. The van der Waals surface area contributed by atoms with Gasteiger partial charge < -0.3 is 20.6 Å². The minimum atomic E-state index is -0.443. The van der Waals surface area contributed by atoms with Crippen LogP contribution in [0.5, 0.6) is 11.5 Å². The molecule has 8 heteroatoms. The van der Waals surface area contributed by atoms with Crippen molar-refractivity contribution in [1.82, 2.24) is 14.9 Å². The maximum Gasteiger partial charge on any atom is 0.295 e. The Balaban J connectivity index is 2.42. The van der Waals surface area contributed by atoms with Gasteiger partial charge in [-0.3, -0.25) is 4.79 Å². The molecule has 0 amide bonds. The van der Waals surface area contributed by atoms with E-state index >= 15 is 0 Å². The molecule has 0 saturated heterocycles. The van der Waals surface area contributed by atoms with Crippen molar-refractivity contribution in [3.05, 3.63) is 34.2 Å². The van der Waals surface area contributed by atoms with Crippen LogP contribution in [0.15, 0.2) is 23.0 Å². The Morgan fingerprint density at radius 2 is 1.87 bits per heavy atom. The van der Waals surface area contributed by atoms with Crippen LogP contribution in [0, 0.1) is 0 Å². The lowest BCUT2D eigenvalue weighted by atomic mass is 9.93. The lowest BCUT2D eigenvalue weighted by molar-refractivity contribution is 0.395. The maximum absolute atomic E-state index is 12.3. The van der Waals surface area contributed by atoms with E-state index in [1.54, 1.807) is 25.3 Å². The number of anilines is 2. The first-order chi connectivity index (χ1) is 10.8. The molecule has 1 aromatic carbocycles. The molecule has 0 aliphatic heterocycles. The molecule has 8 nitrogen and oxygen atoms in total. The van der Waals surface area contributed by atoms with E-state index in [1.165, 1.54) is 7.11 Å². The highest BCUT2D eigenvalue weighted by Gasteiger charge is 2.23. The third-order valence-electron chi connectivity index (χ3n) is 3.26. The Bertz CT molecular complexity index is 765. The summed E-state index contributed by atoms with van der Waals surface area (Å²) in [5.41, 5.74) is 0.0427. The standard InChI is InChI=1S/C15H21N5O3/c1-15(2,3)12-13(21)20(16)14(19-18-12)17-10-7-6-9(22-4)8-11(10)23-5/h6-8H,16H2,1-5H3,(H,17,19). The summed E-state index contributed by atoms with van der Waals surface area (Å²) in [4.78, 5) is 12.3. The van der Waals surface area contributed by atoms with Crippen LogP contribution in [0.25, 0.3) is 0 Å². The quantitative estimate of drug-likeness (QED) is 0.821. The third-order valence-corrected chi connectivity index (χ3v) is 3.26. The van der Waals surface area contributed by atoms with Crippen LogP contribution in [0.3, 0.4) is 0 Å². The van der Waals surface area contributed by atoms with Gasteiger partial charge in [0.05, 0.1) is 19.9 Å². The van der Waals surface area contributed by atoms with Crippen LogP contribution in [-0.4, -0.2) is 29.1 Å². The average molecular weight is 319 g/mol. The van der Waals surface area contributed by atoms with Gasteiger partial charge in [0.2, 0.25) is 5.95 Å². The Hall–Kier alpha value is -2.77. The van der Waals surface area contributed by atoms with Crippen molar-refractivity contribution < 1.29 is 9.47 Å². The highest BCUT2D eigenvalue weighted by molar-refractivity contribution is 5.64. The Kier molecular flexibility index (Phi) is 4.44. The van der Waals surface area contributed by atoms with Gasteiger partial charge in [-0.2, -0.15) is 4.68 Å². The second-order valence-electron chi connectivity index (χ2n) is 5.99. The van der Waals surface area contributed by atoms with Crippen molar-refractivity contribution in [2.45, 2.75) is 26.2 Å². The molecular formula is C15H21N5O3. The van der Waals surface area contributed by atoms with Gasteiger partial charge in [-0.1, -0.05) is 20.8 Å². The van der Waals surface area contributed by atoms with Crippen molar-refractivity contribution in [1.29, 1.82) is 0 Å². The number of hydrogen-bond acceptors (Lipinski definition) is 7. The second kappa shape index (κ2) is 6.15. The predicted octanol–water partition coefficient (Wildman–Crippen LogP) is 1.41. The maximum atomic E-state index is 12.3. The van der Waals surface area contributed by atoms with Gasteiger partial charge >= 0.3 is 0 Å². The van der Waals surface area contributed by atoms with Gasteiger partial charge in [0, 0.05) is 11.5 Å². The topological polar surface area (TPSA) is 104 Å². The van der Waals surface area contributed by atoms with Crippen LogP contribution in [-0.2, 0) is 5.41 Å². The summed E-state index contributed by atoms with van der Waals surface area (Å²) in [6, 6.07) is 5.19. The Morgan fingerprint density at radius 1 is 1.17 bits per heavy atom. The summed E-state index contributed by atoms with van der Waals surface area (Å²) in [7, 11) is 3.10. The Morgan fingerprint density at radius 3 is 2.43 bits per heavy atom. The zero-order valence-electron chi connectivity index (χ0n) is 13.9. The number of nitrogen functional groups attached to an aromatic ring is 1. The first kappa shape index (κ1) is 16.6. The fourth-order valence-electron chi connectivity index (χ4n) is 1.98. The van der Waals surface area contributed by atoms with Crippen molar-refractivity contribution in [3.8, 4) is 11.5 Å². The van der Waals surface area contributed by atoms with Gasteiger partial charge in [0.25, 0.3) is 5.56 Å². The van der Waals surface area contributed by atoms with Crippen molar-refractivity contribution >= 4 is 11.6 Å². The molecule has 1 aromatic heterocycles. The molecule has 0 radical (unpaired) electrons. The normalized spacial score (nSPS) is 11.2. The molecule has 0 spiro atoms. The third kappa shape index (κ3) is 3.36. The van der Waals surface area contributed by atoms with Gasteiger partial charge in [-0.05, 0) is 12.1 Å². The van der Waals surface area contributed by atoms with Crippen LogP contribution in [0.4, 0.5) is 11.6 Å². The molecule has 0 aliphatic rings. The number of benzene rings is 1. The summed E-state index contributed by atoms with van der Waals surface area (Å²) in [6.45, 7) is 5.62. The molecule has 23 heavy (non-hydrogen) atoms. The number of methoxy groups -OCH3 is 2. The number of nitrogens with one attached hydrogen (secondary N) is 1. The number of aromatic nitrogens is 3. The molecule has 0 fully saturated rings. The minimum absolute atomic E-state index is 0.117. The van der Waals surface area contributed by atoms with Crippen LogP contribution in [0.2, 0.25) is 0 Å². The molecule has 124 valence electrons. The lowest BCUT2D eigenvalue weighted by Gasteiger charge is -2.18. The molecule has 3 N–H and O–H groups in total. The van der Waals surface area contributed by atoms with Crippen molar-refractivity contribution in [2.24, 2.45) is 0 Å². The number of rotatable bonds is 4. The molecule has 1 heterocycles. The van der Waals surface area contributed by atoms with Gasteiger partial charge in [0.1, 0.15) is 17.2 Å². The highest BCUT2D eigenvalue weighted by atomic mass is 16.5. The molecule has 0 aliphatic carbocycles. The number of nitrogens with two attached hydrogens (primary N) is 1. The molecule has 2 rings (SSSR count). The van der Waals surface area contributed by atoms with Gasteiger partial charge in [0.15, 0.2) is 0 Å². The summed E-state index contributed by atoms with van der Waals surface area (Å²) < 4.78 is 11.4. The van der Waals surface area contributed by atoms with Gasteiger partial charge in [-0.25, -0.2) is 0 Å². The fourth-order valence-corrected chi connectivity index (χ4v) is 1.98. The molecule has 2 aromatic rings. The van der Waals surface area contributed by atoms with Crippen LogP contribution in [0.1, 0.15) is 26.5 Å². The fraction of sp³-hybridized carbons (Fsp3) is 0.400. The highest BCUT2D eigenvalue weighted by Crippen LogP contribution is 2.30. The first-order valence-electron chi connectivity index (χ1n) is 7.02. The molecule has 0 atom stereocenters.